The average Bonchev–Trinajstić information content (AvgIpc) is 3.11. The number of methoxy groups -OCH3 is 1. The average molecular weight is 334 g/mol. The van der Waals surface area contributed by atoms with Crippen molar-refractivity contribution in [2.24, 2.45) is 0 Å². The van der Waals surface area contributed by atoms with Crippen LogP contribution in [-0.4, -0.2) is 17.2 Å². The van der Waals surface area contributed by atoms with E-state index < -0.39 is 0 Å². The van der Waals surface area contributed by atoms with E-state index in [1.807, 2.05) is 29.6 Å². The van der Waals surface area contributed by atoms with Gasteiger partial charge in [-0.2, -0.15) is 5.26 Å². The molecular weight excluding hydrogens is 320 g/mol. The molecule has 4 nitrogen and oxygen atoms in total. The van der Waals surface area contributed by atoms with Gasteiger partial charge in [0.25, 0.3) is 0 Å². The number of aromatic nitrogens is 1. The zero-order chi connectivity index (χ0) is 16.9. The fourth-order valence-corrected chi connectivity index (χ4v) is 2.97. The maximum Gasteiger partial charge on any atom is 0.134 e. The van der Waals surface area contributed by atoms with Crippen LogP contribution in [0.15, 0.2) is 53.9 Å². The van der Waals surface area contributed by atoms with Crippen LogP contribution in [0.4, 0.5) is 0 Å². The molecule has 1 aromatic heterocycles. The van der Waals surface area contributed by atoms with Crippen LogP contribution in [0, 0.1) is 11.3 Å². The van der Waals surface area contributed by atoms with Gasteiger partial charge in [0.2, 0.25) is 0 Å². The summed E-state index contributed by atoms with van der Waals surface area (Å²) < 4.78 is 5.15. The molecule has 0 amide bonds. The molecule has 1 heterocycles. The molecule has 0 aliphatic rings. The summed E-state index contributed by atoms with van der Waals surface area (Å²) in [5.41, 5.74) is 3.13. The highest BCUT2D eigenvalue weighted by Crippen LogP contribution is 2.28. The largest absolute Gasteiger partial charge is 0.508 e. The van der Waals surface area contributed by atoms with E-state index in [0.29, 0.717) is 10.6 Å². The molecule has 0 fully saturated rings. The topological polar surface area (TPSA) is 66.1 Å². The third-order valence-corrected chi connectivity index (χ3v) is 4.32. The number of nitrogens with zero attached hydrogens (tertiary/aromatic N) is 2. The second-order valence-electron chi connectivity index (χ2n) is 5.03. The fraction of sp³-hybridized carbons (Fsp3) is 0.0526. The molecule has 0 radical (unpaired) electrons. The number of ether oxygens (including phenoxy) is 1. The second kappa shape index (κ2) is 6.99. The quantitative estimate of drug-likeness (QED) is 0.709. The third kappa shape index (κ3) is 3.45. The van der Waals surface area contributed by atoms with Gasteiger partial charge in [0, 0.05) is 10.9 Å². The van der Waals surface area contributed by atoms with Crippen LogP contribution in [0.1, 0.15) is 10.6 Å². The number of phenolic OH excluding ortho intramolecular Hbond substituents is 1. The van der Waals surface area contributed by atoms with Crippen molar-refractivity contribution >= 4 is 23.0 Å². The van der Waals surface area contributed by atoms with Gasteiger partial charge in [-0.05, 0) is 48.0 Å². The molecule has 0 saturated carbocycles. The predicted molar refractivity (Wildman–Crippen MR) is 95.7 cm³/mol. The van der Waals surface area contributed by atoms with Crippen molar-refractivity contribution < 1.29 is 9.84 Å². The number of hydrogen-bond acceptors (Lipinski definition) is 5. The Morgan fingerprint density at radius 1 is 1.17 bits per heavy atom. The minimum Gasteiger partial charge on any atom is -0.508 e. The lowest BCUT2D eigenvalue weighted by Gasteiger charge is -2.00. The van der Waals surface area contributed by atoms with Gasteiger partial charge >= 0.3 is 0 Å². The lowest BCUT2D eigenvalue weighted by molar-refractivity contribution is 0.415. The number of phenols is 1. The van der Waals surface area contributed by atoms with E-state index in [4.69, 9.17) is 4.74 Å². The van der Waals surface area contributed by atoms with Crippen LogP contribution in [0.5, 0.6) is 11.5 Å². The van der Waals surface area contributed by atoms with Gasteiger partial charge in [-0.3, -0.25) is 0 Å². The lowest BCUT2D eigenvalue weighted by atomic mass is 10.1. The molecule has 1 N–H and O–H groups in total. The number of aromatic hydroxyl groups is 1. The summed E-state index contributed by atoms with van der Waals surface area (Å²) >= 11 is 1.43. The Kier molecular flexibility index (Phi) is 4.59. The standard InChI is InChI=1S/C19H14N2O2S/c1-23-17-8-4-14(5-9-17)18-12-24-19(21-18)15(11-20)10-13-2-6-16(22)7-3-13/h2-10,12,22H,1H3/b15-10+. The van der Waals surface area contributed by atoms with Crippen molar-refractivity contribution in [3.05, 3.63) is 64.5 Å². The van der Waals surface area contributed by atoms with Crippen molar-refractivity contribution in [2.45, 2.75) is 0 Å². The van der Waals surface area contributed by atoms with Gasteiger partial charge in [0.05, 0.1) is 18.4 Å². The zero-order valence-corrected chi connectivity index (χ0v) is 13.7. The first-order valence-corrected chi connectivity index (χ1v) is 8.09. The first kappa shape index (κ1) is 15.8. The minimum absolute atomic E-state index is 0.196. The Hall–Kier alpha value is -3.10. The summed E-state index contributed by atoms with van der Waals surface area (Å²) in [6.07, 6.45) is 1.76. The molecule has 2 aromatic carbocycles. The Morgan fingerprint density at radius 2 is 1.88 bits per heavy atom. The van der Waals surface area contributed by atoms with Gasteiger partial charge in [0.15, 0.2) is 0 Å². The Morgan fingerprint density at radius 3 is 2.50 bits per heavy atom. The van der Waals surface area contributed by atoms with Crippen molar-refractivity contribution in [2.75, 3.05) is 7.11 Å². The van der Waals surface area contributed by atoms with Gasteiger partial charge in [-0.15, -0.1) is 11.3 Å². The molecule has 0 atom stereocenters. The molecule has 0 saturated heterocycles. The number of hydrogen-bond donors (Lipinski definition) is 1. The van der Waals surface area contributed by atoms with E-state index in [2.05, 4.69) is 11.1 Å². The molecular formula is C19H14N2O2S. The smallest absolute Gasteiger partial charge is 0.134 e. The number of thiazole rings is 1. The van der Waals surface area contributed by atoms with E-state index in [1.165, 1.54) is 11.3 Å². The van der Waals surface area contributed by atoms with Crippen LogP contribution < -0.4 is 4.74 Å². The first-order valence-electron chi connectivity index (χ1n) is 7.21. The maximum atomic E-state index is 9.43. The molecule has 24 heavy (non-hydrogen) atoms. The summed E-state index contributed by atoms with van der Waals surface area (Å²) in [6, 6.07) is 16.5. The predicted octanol–water partition coefficient (Wildman–Crippen LogP) is 4.59. The van der Waals surface area contributed by atoms with E-state index in [1.54, 1.807) is 37.5 Å². The summed E-state index contributed by atoms with van der Waals surface area (Å²) in [5, 5.41) is 21.3. The van der Waals surface area contributed by atoms with Crippen molar-refractivity contribution in [3.8, 4) is 28.8 Å². The third-order valence-electron chi connectivity index (χ3n) is 3.44. The van der Waals surface area contributed by atoms with Gasteiger partial charge in [-0.25, -0.2) is 4.98 Å². The molecule has 5 heteroatoms. The minimum atomic E-state index is 0.196. The molecule has 0 spiro atoms. The normalized spacial score (nSPS) is 11.1. The second-order valence-corrected chi connectivity index (χ2v) is 5.89. The number of benzene rings is 2. The highest BCUT2D eigenvalue weighted by atomic mass is 32.1. The van der Waals surface area contributed by atoms with Crippen molar-refractivity contribution in [3.63, 3.8) is 0 Å². The highest BCUT2D eigenvalue weighted by molar-refractivity contribution is 7.11. The number of allylic oxidation sites excluding steroid dienone is 1. The first-order chi connectivity index (χ1) is 11.7. The van der Waals surface area contributed by atoms with E-state index in [-0.39, 0.29) is 5.75 Å². The molecule has 0 bridgehead atoms. The molecule has 118 valence electrons. The lowest BCUT2D eigenvalue weighted by Crippen LogP contribution is -1.84. The zero-order valence-electron chi connectivity index (χ0n) is 12.9. The summed E-state index contributed by atoms with van der Waals surface area (Å²) in [6.45, 7) is 0. The van der Waals surface area contributed by atoms with E-state index in [0.717, 1.165) is 22.6 Å². The molecule has 0 aliphatic carbocycles. The molecule has 3 rings (SSSR count). The van der Waals surface area contributed by atoms with Crippen molar-refractivity contribution in [1.82, 2.24) is 4.98 Å². The summed E-state index contributed by atoms with van der Waals surface area (Å²) in [5.74, 6) is 0.987. The number of rotatable bonds is 4. The summed E-state index contributed by atoms with van der Waals surface area (Å²) in [4.78, 5) is 4.56. The summed E-state index contributed by atoms with van der Waals surface area (Å²) in [7, 11) is 1.63. The number of nitriles is 1. The van der Waals surface area contributed by atoms with Gasteiger partial charge in [0.1, 0.15) is 22.6 Å². The highest BCUT2D eigenvalue weighted by Gasteiger charge is 2.09. The van der Waals surface area contributed by atoms with E-state index >= 15 is 0 Å². The monoisotopic (exact) mass is 334 g/mol. The van der Waals surface area contributed by atoms with Crippen LogP contribution in [0.2, 0.25) is 0 Å². The fourth-order valence-electron chi connectivity index (χ4n) is 2.17. The Labute approximate surface area is 143 Å². The van der Waals surface area contributed by atoms with Crippen LogP contribution in [0.3, 0.4) is 0 Å². The van der Waals surface area contributed by atoms with E-state index in [9.17, 15) is 10.4 Å². The molecule has 0 aliphatic heterocycles. The van der Waals surface area contributed by atoms with Crippen LogP contribution in [-0.2, 0) is 0 Å². The maximum absolute atomic E-state index is 9.43. The Balaban J connectivity index is 1.90. The van der Waals surface area contributed by atoms with Crippen LogP contribution in [0.25, 0.3) is 22.9 Å². The Bertz CT molecular complexity index is 904. The van der Waals surface area contributed by atoms with Crippen LogP contribution >= 0.6 is 11.3 Å². The van der Waals surface area contributed by atoms with Crippen molar-refractivity contribution in [1.29, 1.82) is 5.26 Å². The molecule has 0 unspecified atom stereocenters. The van der Waals surface area contributed by atoms with Gasteiger partial charge < -0.3 is 9.84 Å². The molecule has 3 aromatic rings. The van der Waals surface area contributed by atoms with Gasteiger partial charge in [-0.1, -0.05) is 12.1 Å². The SMILES string of the molecule is COc1ccc(-c2csc(/C(C#N)=C/c3ccc(O)cc3)n2)cc1.